The lowest BCUT2D eigenvalue weighted by molar-refractivity contribution is -0.118. The van der Waals surface area contributed by atoms with Gasteiger partial charge in [-0.15, -0.1) is 0 Å². The fourth-order valence-corrected chi connectivity index (χ4v) is 0.249. The molecule has 0 fully saturated rings. The van der Waals surface area contributed by atoms with Crippen molar-refractivity contribution < 1.29 is 4.79 Å². The standard InChI is InChI=1S/C5H12B2O/c1-5(2,3-6)4(7)8/h3,6-7H2,1-2H3. The molecule has 0 spiro atoms. The van der Waals surface area contributed by atoms with E-state index < -0.39 is 0 Å². The first kappa shape index (κ1) is 7.80. The van der Waals surface area contributed by atoms with E-state index in [4.69, 9.17) is 0 Å². The summed E-state index contributed by atoms with van der Waals surface area (Å²) in [6, 6.07) is 0. The van der Waals surface area contributed by atoms with Gasteiger partial charge in [0.25, 0.3) is 0 Å². The Kier molecular flexibility index (Phi) is 2.32. The zero-order valence-electron chi connectivity index (χ0n) is 6.12. The summed E-state index contributed by atoms with van der Waals surface area (Å²) in [5, 5.41) is 0. The summed E-state index contributed by atoms with van der Waals surface area (Å²) < 4.78 is 0. The van der Waals surface area contributed by atoms with Crippen LogP contribution in [0.2, 0.25) is 6.32 Å². The third kappa shape index (κ3) is 1.73. The van der Waals surface area contributed by atoms with Crippen molar-refractivity contribution >= 4 is 21.4 Å². The Balaban J connectivity index is 3.91. The minimum absolute atomic E-state index is 0.0972. The highest BCUT2D eigenvalue weighted by Gasteiger charge is 2.19. The molecule has 0 aromatic rings. The number of hydrogen-bond acceptors (Lipinski definition) is 1. The monoisotopic (exact) mass is 110 g/mol. The van der Waals surface area contributed by atoms with E-state index in [0.717, 1.165) is 6.32 Å². The molecule has 0 atom stereocenters. The van der Waals surface area contributed by atoms with Gasteiger partial charge >= 0.3 is 0 Å². The molecule has 1 nitrogen and oxygen atoms in total. The molecule has 0 bridgehead atoms. The van der Waals surface area contributed by atoms with Gasteiger partial charge in [0.1, 0.15) is 7.85 Å². The molecule has 0 rings (SSSR count). The van der Waals surface area contributed by atoms with Crippen LogP contribution in [-0.4, -0.2) is 21.4 Å². The first-order valence-corrected chi connectivity index (χ1v) is 3.01. The van der Waals surface area contributed by atoms with Gasteiger partial charge in [0, 0.05) is 5.41 Å². The van der Waals surface area contributed by atoms with Crippen LogP contribution >= 0.6 is 0 Å². The largest absolute Gasteiger partial charge is 0.311 e. The summed E-state index contributed by atoms with van der Waals surface area (Å²) in [7, 11) is 3.67. The lowest BCUT2D eigenvalue weighted by atomic mass is 9.70. The van der Waals surface area contributed by atoms with Crippen LogP contribution in [0.25, 0.3) is 0 Å². The lowest BCUT2D eigenvalue weighted by Crippen LogP contribution is -2.23. The maximum Gasteiger partial charge on any atom is 0.187 e. The Labute approximate surface area is 52.7 Å². The van der Waals surface area contributed by atoms with E-state index in [1.54, 1.807) is 7.85 Å². The summed E-state index contributed by atoms with van der Waals surface area (Å²) in [6.45, 7) is 3.94. The number of carbonyl (C=O) groups excluding carboxylic acids is 1. The van der Waals surface area contributed by atoms with Crippen molar-refractivity contribution in [2.45, 2.75) is 20.2 Å². The molecule has 3 heteroatoms. The molecular formula is C5H12B2O. The van der Waals surface area contributed by atoms with Crippen molar-refractivity contribution in [1.82, 2.24) is 0 Å². The molecule has 0 aromatic carbocycles. The molecule has 0 radical (unpaired) electrons. The molecule has 0 saturated heterocycles. The normalized spacial score (nSPS) is 11.2. The molecule has 0 aromatic heterocycles. The first-order chi connectivity index (χ1) is 3.50. The second kappa shape index (κ2) is 2.38. The highest BCUT2D eigenvalue weighted by Crippen LogP contribution is 2.17. The minimum atomic E-state index is -0.0972. The van der Waals surface area contributed by atoms with Crippen molar-refractivity contribution in [2.75, 3.05) is 0 Å². The zero-order valence-corrected chi connectivity index (χ0v) is 6.12. The molecule has 0 aliphatic carbocycles. The Morgan fingerprint density at radius 3 is 2.00 bits per heavy atom. The quantitative estimate of drug-likeness (QED) is 0.426. The molecule has 0 unspecified atom stereocenters. The van der Waals surface area contributed by atoms with Gasteiger partial charge in [0.15, 0.2) is 7.85 Å². The molecule has 0 heterocycles. The molecule has 0 aliphatic rings. The van der Waals surface area contributed by atoms with Crippen LogP contribution in [0.5, 0.6) is 0 Å². The van der Waals surface area contributed by atoms with E-state index in [1.807, 2.05) is 21.7 Å². The van der Waals surface area contributed by atoms with E-state index in [-0.39, 0.29) is 11.1 Å². The summed E-state index contributed by atoms with van der Waals surface area (Å²) in [6.07, 6.45) is 0.933. The van der Waals surface area contributed by atoms with Crippen LogP contribution in [0.1, 0.15) is 13.8 Å². The van der Waals surface area contributed by atoms with Gasteiger partial charge in [-0.2, -0.15) is 0 Å². The molecule has 8 heavy (non-hydrogen) atoms. The van der Waals surface area contributed by atoms with Gasteiger partial charge in [-0.3, -0.25) is 0 Å². The summed E-state index contributed by atoms with van der Waals surface area (Å²) in [5.41, 5.74) is 0.181. The fraction of sp³-hybridized carbons (Fsp3) is 0.800. The maximum absolute atomic E-state index is 10.7. The first-order valence-electron chi connectivity index (χ1n) is 3.01. The number of carbonyl (C=O) groups is 1. The third-order valence-electron chi connectivity index (χ3n) is 1.84. The van der Waals surface area contributed by atoms with Crippen LogP contribution in [0.15, 0.2) is 0 Å². The van der Waals surface area contributed by atoms with Gasteiger partial charge in [-0.1, -0.05) is 20.2 Å². The van der Waals surface area contributed by atoms with Gasteiger partial charge in [0.2, 0.25) is 0 Å². The topological polar surface area (TPSA) is 17.1 Å². The van der Waals surface area contributed by atoms with Gasteiger partial charge in [0.05, 0.1) is 5.68 Å². The average molecular weight is 110 g/mol. The van der Waals surface area contributed by atoms with Crippen LogP contribution in [0.4, 0.5) is 0 Å². The highest BCUT2D eigenvalue weighted by atomic mass is 16.1. The summed E-state index contributed by atoms with van der Waals surface area (Å²) in [4.78, 5) is 10.7. The minimum Gasteiger partial charge on any atom is -0.311 e. The number of hydrogen-bond donors (Lipinski definition) is 0. The van der Waals surface area contributed by atoms with Crippen molar-refractivity contribution in [3.8, 4) is 0 Å². The predicted molar refractivity (Wildman–Crippen MR) is 40.7 cm³/mol. The van der Waals surface area contributed by atoms with E-state index in [1.165, 1.54) is 0 Å². The summed E-state index contributed by atoms with van der Waals surface area (Å²) >= 11 is 0. The van der Waals surface area contributed by atoms with Crippen molar-refractivity contribution in [3.05, 3.63) is 0 Å². The SMILES string of the molecule is BCC(C)(C)C(B)=O. The van der Waals surface area contributed by atoms with Gasteiger partial charge in [-0.25, -0.2) is 0 Å². The molecule has 0 aliphatic heterocycles. The van der Waals surface area contributed by atoms with E-state index in [9.17, 15) is 4.79 Å². The van der Waals surface area contributed by atoms with E-state index in [2.05, 4.69) is 0 Å². The van der Waals surface area contributed by atoms with Crippen molar-refractivity contribution in [3.63, 3.8) is 0 Å². The zero-order chi connectivity index (χ0) is 6.78. The van der Waals surface area contributed by atoms with Crippen LogP contribution in [-0.2, 0) is 4.79 Å². The van der Waals surface area contributed by atoms with Crippen LogP contribution in [0, 0.1) is 5.41 Å². The van der Waals surface area contributed by atoms with Crippen molar-refractivity contribution in [2.24, 2.45) is 5.41 Å². The highest BCUT2D eigenvalue weighted by molar-refractivity contribution is 6.59. The fourth-order valence-electron chi connectivity index (χ4n) is 0.249. The second-order valence-electron chi connectivity index (χ2n) is 2.79. The molecular weight excluding hydrogens is 97.7 g/mol. The predicted octanol–water partition coefficient (Wildman–Crippen LogP) is -0.776. The Hall–Kier alpha value is -0.200. The Morgan fingerprint density at radius 2 is 2.00 bits per heavy atom. The van der Waals surface area contributed by atoms with Crippen LogP contribution < -0.4 is 0 Å². The van der Waals surface area contributed by atoms with Crippen LogP contribution in [0.3, 0.4) is 0 Å². The maximum atomic E-state index is 10.7. The second-order valence-corrected chi connectivity index (χ2v) is 2.79. The molecule has 0 amide bonds. The average Bonchev–Trinajstić information content (AvgIpc) is 1.67. The van der Waals surface area contributed by atoms with Gasteiger partial charge < -0.3 is 4.79 Å². The number of rotatable bonds is 2. The molecule has 0 saturated carbocycles. The molecule has 0 N–H and O–H groups in total. The molecule has 44 valence electrons. The smallest absolute Gasteiger partial charge is 0.187 e. The van der Waals surface area contributed by atoms with Gasteiger partial charge in [-0.05, 0) is 0 Å². The Morgan fingerprint density at radius 1 is 1.62 bits per heavy atom. The van der Waals surface area contributed by atoms with E-state index in [0.29, 0.717) is 0 Å². The van der Waals surface area contributed by atoms with Crippen molar-refractivity contribution in [1.29, 1.82) is 0 Å². The Bertz CT molecular complexity index is 98.6. The lowest BCUT2D eigenvalue weighted by Gasteiger charge is -2.17. The third-order valence-corrected chi connectivity index (χ3v) is 1.84. The van der Waals surface area contributed by atoms with E-state index >= 15 is 0 Å². The summed E-state index contributed by atoms with van der Waals surface area (Å²) in [5.74, 6) is 0.